The van der Waals surface area contributed by atoms with E-state index in [1.54, 1.807) is 19.5 Å². The standard InChI is InChI=1S/C7H16N3/c1-3-4-5-9-6-7-10(2)8/h6-7H,3-5,8H2,1-2H3/q+1. The number of hydrazone groups is 1. The highest BCUT2D eigenvalue weighted by Gasteiger charge is 1.79. The number of unbranched alkanes of at least 4 members (excludes halogenated alkanes) is 1. The van der Waals surface area contributed by atoms with Crippen molar-refractivity contribution >= 4 is 12.4 Å². The first-order chi connectivity index (χ1) is 4.77. The number of aliphatic imine (C=N–C) groups is 1. The highest BCUT2D eigenvalue weighted by molar-refractivity contribution is 6.13. The Morgan fingerprint density at radius 3 is 2.80 bits per heavy atom. The molecule has 0 radical (unpaired) electrons. The van der Waals surface area contributed by atoms with Crippen LogP contribution in [0, 0.1) is 0 Å². The summed E-state index contributed by atoms with van der Waals surface area (Å²) < 4.78 is 1.48. The molecule has 0 bridgehead atoms. The van der Waals surface area contributed by atoms with Crippen LogP contribution >= 0.6 is 0 Å². The molecule has 0 saturated carbocycles. The molecule has 0 fully saturated rings. The van der Waals surface area contributed by atoms with Crippen LogP contribution in [0.25, 0.3) is 0 Å². The fourth-order valence-corrected chi connectivity index (χ4v) is 0.476. The topological polar surface area (TPSA) is 41.4 Å². The van der Waals surface area contributed by atoms with Crippen LogP contribution in [0.5, 0.6) is 0 Å². The molecule has 3 heteroatoms. The largest absolute Gasteiger partial charge is 0.287 e. The van der Waals surface area contributed by atoms with Crippen LogP contribution in [0.4, 0.5) is 0 Å². The highest BCUT2D eigenvalue weighted by atomic mass is 15.3. The number of nitrogens with two attached hydrogens (primary N) is 1. The van der Waals surface area contributed by atoms with Gasteiger partial charge < -0.3 is 0 Å². The van der Waals surface area contributed by atoms with Crippen LogP contribution in [-0.4, -0.2) is 30.7 Å². The van der Waals surface area contributed by atoms with E-state index in [1.165, 1.54) is 11.1 Å². The summed E-state index contributed by atoms with van der Waals surface area (Å²) in [7, 11) is 1.77. The van der Waals surface area contributed by atoms with Crippen molar-refractivity contribution in [3.8, 4) is 0 Å². The van der Waals surface area contributed by atoms with Crippen molar-refractivity contribution in [2.75, 3.05) is 13.6 Å². The van der Waals surface area contributed by atoms with Gasteiger partial charge in [-0.1, -0.05) is 13.3 Å². The summed E-state index contributed by atoms with van der Waals surface area (Å²) in [5, 5.41) is 0. The molecule has 0 aromatic carbocycles. The fraction of sp³-hybridized carbons (Fsp3) is 0.714. The average molecular weight is 142 g/mol. The minimum atomic E-state index is 0.904. The Bertz CT molecular complexity index is 123. The minimum Gasteiger partial charge on any atom is -0.287 e. The molecule has 58 valence electrons. The van der Waals surface area contributed by atoms with Crippen molar-refractivity contribution in [2.45, 2.75) is 19.8 Å². The maximum atomic E-state index is 5.29. The van der Waals surface area contributed by atoms with Gasteiger partial charge in [-0.25, -0.2) is 5.84 Å². The van der Waals surface area contributed by atoms with E-state index in [0.29, 0.717) is 0 Å². The molecule has 0 saturated heterocycles. The van der Waals surface area contributed by atoms with Crippen LogP contribution in [0.15, 0.2) is 4.99 Å². The molecule has 3 nitrogen and oxygen atoms in total. The first-order valence-corrected chi connectivity index (χ1v) is 3.58. The summed E-state index contributed by atoms with van der Waals surface area (Å²) in [5.74, 6) is 5.29. The molecule has 0 amide bonds. The Balaban J connectivity index is 3.29. The van der Waals surface area contributed by atoms with E-state index in [1.807, 2.05) is 0 Å². The lowest BCUT2D eigenvalue weighted by molar-refractivity contribution is -0.502. The van der Waals surface area contributed by atoms with Gasteiger partial charge in [-0.15, -0.1) is 4.68 Å². The van der Waals surface area contributed by atoms with E-state index in [0.717, 1.165) is 13.0 Å². The van der Waals surface area contributed by atoms with Gasteiger partial charge in [-0.3, -0.25) is 4.99 Å². The maximum absolute atomic E-state index is 5.29. The lowest BCUT2D eigenvalue weighted by Crippen LogP contribution is -2.15. The smallest absolute Gasteiger partial charge is 0.210 e. The molecule has 0 aliphatic heterocycles. The molecule has 0 unspecified atom stereocenters. The van der Waals surface area contributed by atoms with Crippen LogP contribution in [0.2, 0.25) is 0 Å². The first-order valence-electron chi connectivity index (χ1n) is 3.58. The molecule has 0 aromatic rings. The average Bonchev–Trinajstić information content (AvgIpc) is 1.87. The number of rotatable bonds is 4. The van der Waals surface area contributed by atoms with Gasteiger partial charge in [0.1, 0.15) is 0 Å². The summed E-state index contributed by atoms with van der Waals surface area (Å²) in [6.45, 7) is 3.05. The predicted molar refractivity (Wildman–Crippen MR) is 44.7 cm³/mol. The number of hydrogen-bond acceptors (Lipinski definition) is 2. The summed E-state index contributed by atoms with van der Waals surface area (Å²) in [5.41, 5.74) is 0. The van der Waals surface area contributed by atoms with Gasteiger partial charge in [0.15, 0.2) is 7.05 Å². The van der Waals surface area contributed by atoms with E-state index < -0.39 is 0 Å². The molecular formula is C7H16N3+. The zero-order chi connectivity index (χ0) is 7.82. The molecular weight excluding hydrogens is 126 g/mol. The third-order valence-corrected chi connectivity index (χ3v) is 1.05. The van der Waals surface area contributed by atoms with Crippen LogP contribution < -0.4 is 5.84 Å². The van der Waals surface area contributed by atoms with Gasteiger partial charge in [0.25, 0.3) is 0 Å². The zero-order valence-electron chi connectivity index (χ0n) is 6.75. The minimum absolute atomic E-state index is 0.904. The lowest BCUT2D eigenvalue weighted by Gasteiger charge is -1.85. The second kappa shape index (κ2) is 6.26. The summed E-state index contributed by atoms with van der Waals surface area (Å²) >= 11 is 0. The molecule has 2 N–H and O–H groups in total. The summed E-state index contributed by atoms with van der Waals surface area (Å²) in [6.07, 6.45) is 5.81. The number of hydrogen-bond donors (Lipinski definition) is 1. The zero-order valence-corrected chi connectivity index (χ0v) is 6.75. The lowest BCUT2D eigenvalue weighted by atomic mass is 10.3. The van der Waals surface area contributed by atoms with Gasteiger partial charge in [0.05, 0.1) is 6.21 Å². The Kier molecular flexibility index (Phi) is 5.72. The quantitative estimate of drug-likeness (QED) is 0.200. The number of nitrogens with zero attached hydrogens (tertiary/aromatic N) is 2. The molecule has 0 spiro atoms. The van der Waals surface area contributed by atoms with E-state index in [-0.39, 0.29) is 0 Å². The van der Waals surface area contributed by atoms with Crippen molar-refractivity contribution in [2.24, 2.45) is 10.8 Å². The summed E-state index contributed by atoms with van der Waals surface area (Å²) in [4.78, 5) is 4.10. The van der Waals surface area contributed by atoms with Gasteiger partial charge >= 0.3 is 0 Å². The predicted octanol–water partition coefficient (Wildman–Crippen LogP) is 0.444. The van der Waals surface area contributed by atoms with Gasteiger partial charge in [-0.05, 0) is 6.42 Å². The summed E-state index contributed by atoms with van der Waals surface area (Å²) in [6, 6.07) is 0. The second-order valence-corrected chi connectivity index (χ2v) is 2.22. The van der Waals surface area contributed by atoms with E-state index in [9.17, 15) is 0 Å². The molecule has 0 rings (SSSR count). The molecule has 0 atom stereocenters. The fourth-order valence-electron chi connectivity index (χ4n) is 0.476. The SMILES string of the molecule is CCCCN=CC=[N+](C)N. The monoisotopic (exact) mass is 142 g/mol. The normalized spacial score (nSPS) is 12.8. The Morgan fingerprint density at radius 1 is 1.60 bits per heavy atom. The van der Waals surface area contributed by atoms with Crippen molar-refractivity contribution in [1.82, 2.24) is 0 Å². The van der Waals surface area contributed by atoms with Crippen LogP contribution in [-0.2, 0) is 0 Å². The van der Waals surface area contributed by atoms with Crippen molar-refractivity contribution in [1.29, 1.82) is 0 Å². The molecule has 0 aliphatic carbocycles. The first kappa shape index (κ1) is 9.14. The van der Waals surface area contributed by atoms with E-state index >= 15 is 0 Å². The third-order valence-electron chi connectivity index (χ3n) is 1.05. The highest BCUT2D eigenvalue weighted by Crippen LogP contribution is 1.84. The Morgan fingerprint density at radius 2 is 2.30 bits per heavy atom. The molecule has 0 heterocycles. The van der Waals surface area contributed by atoms with Crippen molar-refractivity contribution < 1.29 is 4.68 Å². The Hall–Kier alpha value is -0.860. The van der Waals surface area contributed by atoms with Crippen LogP contribution in [0.1, 0.15) is 19.8 Å². The molecule has 0 aromatic heterocycles. The van der Waals surface area contributed by atoms with Gasteiger partial charge in [0.2, 0.25) is 6.21 Å². The molecule has 10 heavy (non-hydrogen) atoms. The maximum Gasteiger partial charge on any atom is 0.210 e. The van der Waals surface area contributed by atoms with Gasteiger partial charge in [0, 0.05) is 6.54 Å². The third kappa shape index (κ3) is 7.14. The number of hydrazine groups is 1. The van der Waals surface area contributed by atoms with E-state index in [2.05, 4.69) is 11.9 Å². The van der Waals surface area contributed by atoms with Crippen molar-refractivity contribution in [3.05, 3.63) is 0 Å². The van der Waals surface area contributed by atoms with E-state index in [4.69, 9.17) is 5.84 Å². The van der Waals surface area contributed by atoms with Crippen LogP contribution in [0.3, 0.4) is 0 Å². The Labute approximate surface area is 62.2 Å². The second-order valence-electron chi connectivity index (χ2n) is 2.22. The molecule has 0 aliphatic rings. The van der Waals surface area contributed by atoms with Gasteiger partial charge in [-0.2, -0.15) is 0 Å². The van der Waals surface area contributed by atoms with Crippen molar-refractivity contribution in [3.63, 3.8) is 0 Å².